The summed E-state index contributed by atoms with van der Waals surface area (Å²) in [6.45, 7) is 7.64. The molecule has 1 aliphatic rings. The van der Waals surface area contributed by atoms with Crippen LogP contribution in [0.4, 0.5) is 0 Å². The highest BCUT2D eigenvalue weighted by Gasteiger charge is 2.25. The van der Waals surface area contributed by atoms with Crippen molar-refractivity contribution in [1.82, 2.24) is 5.32 Å². The highest BCUT2D eigenvalue weighted by Crippen LogP contribution is 2.15. The molecule has 0 bridgehead atoms. The van der Waals surface area contributed by atoms with Crippen molar-refractivity contribution in [3.63, 3.8) is 0 Å². The molecule has 1 aliphatic heterocycles. The molecule has 1 N–H and O–H groups in total. The van der Waals surface area contributed by atoms with Gasteiger partial charge in [-0.2, -0.15) is 0 Å². The highest BCUT2D eigenvalue weighted by atomic mass is 16.5. The SMILES string of the molecule is CCCC1CNC(C)C(CC)O1. The van der Waals surface area contributed by atoms with Crippen molar-refractivity contribution in [2.45, 2.75) is 58.3 Å². The Morgan fingerprint density at radius 2 is 2.17 bits per heavy atom. The first-order valence-corrected chi connectivity index (χ1v) is 5.16. The Morgan fingerprint density at radius 1 is 1.42 bits per heavy atom. The van der Waals surface area contributed by atoms with Crippen LogP contribution in [0.1, 0.15) is 40.0 Å². The summed E-state index contributed by atoms with van der Waals surface area (Å²) >= 11 is 0. The molecule has 1 saturated heterocycles. The number of hydrogen-bond acceptors (Lipinski definition) is 2. The van der Waals surface area contributed by atoms with E-state index in [2.05, 4.69) is 26.1 Å². The second-order valence-corrected chi connectivity index (χ2v) is 3.69. The van der Waals surface area contributed by atoms with E-state index in [0.29, 0.717) is 18.2 Å². The van der Waals surface area contributed by atoms with Crippen LogP contribution in [0.15, 0.2) is 0 Å². The van der Waals surface area contributed by atoms with Crippen LogP contribution in [0, 0.1) is 0 Å². The lowest BCUT2D eigenvalue weighted by molar-refractivity contribution is -0.0633. The van der Waals surface area contributed by atoms with Crippen LogP contribution in [0.25, 0.3) is 0 Å². The number of ether oxygens (including phenoxy) is 1. The number of rotatable bonds is 3. The van der Waals surface area contributed by atoms with Crippen molar-refractivity contribution in [2.24, 2.45) is 0 Å². The van der Waals surface area contributed by atoms with Gasteiger partial charge in [-0.05, 0) is 19.8 Å². The van der Waals surface area contributed by atoms with E-state index in [-0.39, 0.29) is 0 Å². The Kier molecular flexibility index (Phi) is 4.02. The summed E-state index contributed by atoms with van der Waals surface area (Å²) in [5, 5.41) is 3.49. The topological polar surface area (TPSA) is 21.3 Å². The van der Waals surface area contributed by atoms with Gasteiger partial charge < -0.3 is 10.1 Å². The molecular formula is C10H21NO. The number of morpholine rings is 1. The third-order valence-corrected chi connectivity index (χ3v) is 2.61. The molecule has 2 nitrogen and oxygen atoms in total. The van der Waals surface area contributed by atoms with Gasteiger partial charge in [0.15, 0.2) is 0 Å². The van der Waals surface area contributed by atoms with Crippen LogP contribution in [0.5, 0.6) is 0 Å². The van der Waals surface area contributed by atoms with Gasteiger partial charge >= 0.3 is 0 Å². The van der Waals surface area contributed by atoms with Gasteiger partial charge in [-0.15, -0.1) is 0 Å². The minimum absolute atomic E-state index is 0.426. The number of nitrogens with one attached hydrogen (secondary N) is 1. The molecule has 1 heterocycles. The van der Waals surface area contributed by atoms with E-state index >= 15 is 0 Å². The van der Waals surface area contributed by atoms with Crippen molar-refractivity contribution in [2.75, 3.05) is 6.54 Å². The largest absolute Gasteiger partial charge is 0.372 e. The van der Waals surface area contributed by atoms with Gasteiger partial charge in [0.05, 0.1) is 12.2 Å². The fraction of sp³-hybridized carbons (Fsp3) is 1.00. The van der Waals surface area contributed by atoms with E-state index in [9.17, 15) is 0 Å². The van der Waals surface area contributed by atoms with Crippen LogP contribution in [-0.4, -0.2) is 24.8 Å². The average molecular weight is 171 g/mol. The smallest absolute Gasteiger partial charge is 0.0727 e. The van der Waals surface area contributed by atoms with Gasteiger partial charge in [-0.3, -0.25) is 0 Å². The monoisotopic (exact) mass is 171 g/mol. The summed E-state index contributed by atoms with van der Waals surface area (Å²) in [4.78, 5) is 0. The Bertz CT molecular complexity index is 127. The zero-order valence-electron chi connectivity index (χ0n) is 8.47. The molecule has 0 radical (unpaired) electrons. The summed E-state index contributed by atoms with van der Waals surface area (Å²) in [5.41, 5.74) is 0. The molecule has 0 aromatic rings. The van der Waals surface area contributed by atoms with E-state index in [0.717, 1.165) is 13.0 Å². The zero-order chi connectivity index (χ0) is 8.97. The average Bonchev–Trinajstić information content (AvgIpc) is 2.09. The predicted molar refractivity (Wildman–Crippen MR) is 51.3 cm³/mol. The minimum atomic E-state index is 0.426. The van der Waals surface area contributed by atoms with Gasteiger partial charge in [0, 0.05) is 12.6 Å². The maximum Gasteiger partial charge on any atom is 0.0727 e. The van der Waals surface area contributed by atoms with Crippen molar-refractivity contribution in [1.29, 1.82) is 0 Å². The van der Waals surface area contributed by atoms with Gasteiger partial charge in [-0.25, -0.2) is 0 Å². The molecule has 0 saturated carbocycles. The molecular weight excluding hydrogens is 150 g/mol. The van der Waals surface area contributed by atoms with E-state index in [1.165, 1.54) is 12.8 Å². The van der Waals surface area contributed by atoms with E-state index < -0.39 is 0 Å². The molecule has 0 aliphatic carbocycles. The van der Waals surface area contributed by atoms with Crippen LogP contribution >= 0.6 is 0 Å². The van der Waals surface area contributed by atoms with Crippen LogP contribution < -0.4 is 5.32 Å². The van der Waals surface area contributed by atoms with E-state index in [1.54, 1.807) is 0 Å². The quantitative estimate of drug-likeness (QED) is 0.700. The molecule has 1 rings (SSSR count). The lowest BCUT2D eigenvalue weighted by Gasteiger charge is -2.35. The standard InChI is InChI=1S/C10H21NO/c1-4-6-9-7-11-8(3)10(5-2)12-9/h8-11H,4-7H2,1-3H3. The molecule has 3 unspecified atom stereocenters. The van der Waals surface area contributed by atoms with Gasteiger partial charge in [0.1, 0.15) is 0 Å². The summed E-state index contributed by atoms with van der Waals surface area (Å²) < 4.78 is 5.93. The Balaban J connectivity index is 2.33. The lowest BCUT2D eigenvalue weighted by atomic mass is 10.1. The molecule has 0 aromatic carbocycles. The lowest BCUT2D eigenvalue weighted by Crippen LogP contribution is -2.50. The van der Waals surface area contributed by atoms with Gasteiger partial charge in [0.25, 0.3) is 0 Å². The van der Waals surface area contributed by atoms with Crippen LogP contribution in [-0.2, 0) is 4.74 Å². The fourth-order valence-corrected chi connectivity index (χ4v) is 1.80. The number of hydrogen-bond donors (Lipinski definition) is 1. The van der Waals surface area contributed by atoms with Crippen molar-refractivity contribution in [3.8, 4) is 0 Å². The molecule has 0 amide bonds. The molecule has 1 fully saturated rings. The minimum Gasteiger partial charge on any atom is -0.372 e. The summed E-state index contributed by atoms with van der Waals surface area (Å²) in [7, 11) is 0. The fourth-order valence-electron chi connectivity index (χ4n) is 1.80. The first kappa shape index (κ1) is 10.0. The summed E-state index contributed by atoms with van der Waals surface area (Å²) in [6.07, 6.45) is 4.41. The summed E-state index contributed by atoms with van der Waals surface area (Å²) in [6, 6.07) is 0.531. The first-order chi connectivity index (χ1) is 5.77. The zero-order valence-corrected chi connectivity index (χ0v) is 8.47. The second-order valence-electron chi connectivity index (χ2n) is 3.69. The van der Waals surface area contributed by atoms with Crippen molar-refractivity contribution < 1.29 is 4.74 Å². The Morgan fingerprint density at radius 3 is 2.75 bits per heavy atom. The molecule has 72 valence electrons. The molecule has 0 spiro atoms. The molecule has 12 heavy (non-hydrogen) atoms. The third-order valence-electron chi connectivity index (χ3n) is 2.61. The van der Waals surface area contributed by atoms with E-state index in [1.807, 2.05) is 0 Å². The van der Waals surface area contributed by atoms with Crippen LogP contribution in [0.2, 0.25) is 0 Å². The molecule has 3 atom stereocenters. The first-order valence-electron chi connectivity index (χ1n) is 5.16. The maximum atomic E-state index is 5.93. The van der Waals surface area contributed by atoms with E-state index in [4.69, 9.17) is 4.74 Å². The Labute approximate surface area is 75.7 Å². The second kappa shape index (κ2) is 4.83. The van der Waals surface area contributed by atoms with Gasteiger partial charge in [0.2, 0.25) is 0 Å². The molecule has 0 aromatic heterocycles. The maximum absolute atomic E-state index is 5.93. The third kappa shape index (κ3) is 2.46. The van der Waals surface area contributed by atoms with Crippen molar-refractivity contribution >= 4 is 0 Å². The van der Waals surface area contributed by atoms with Gasteiger partial charge in [-0.1, -0.05) is 20.3 Å². The predicted octanol–water partition coefficient (Wildman–Crippen LogP) is 1.94. The van der Waals surface area contributed by atoms with Crippen LogP contribution in [0.3, 0.4) is 0 Å². The Hall–Kier alpha value is -0.0800. The normalized spacial score (nSPS) is 36.8. The summed E-state index contributed by atoms with van der Waals surface area (Å²) in [5.74, 6) is 0. The van der Waals surface area contributed by atoms with Crippen molar-refractivity contribution in [3.05, 3.63) is 0 Å². The highest BCUT2D eigenvalue weighted by molar-refractivity contribution is 4.80. The molecule has 2 heteroatoms.